The van der Waals surface area contributed by atoms with Crippen molar-refractivity contribution in [3.8, 4) is 11.3 Å². The van der Waals surface area contributed by atoms with Crippen LogP contribution >= 0.6 is 0 Å². The van der Waals surface area contributed by atoms with E-state index in [1.807, 2.05) is 19.9 Å². The Morgan fingerprint density at radius 1 is 1.00 bits per heavy atom. The predicted molar refractivity (Wildman–Crippen MR) is 140 cm³/mol. The molecule has 3 aromatic heterocycles. The highest BCUT2D eigenvalue weighted by Gasteiger charge is 2.40. The number of rotatable bonds is 3. The van der Waals surface area contributed by atoms with E-state index in [9.17, 15) is 14.0 Å². The Bertz CT molecular complexity index is 1510. The minimum atomic E-state index is -0.644. The Kier molecular flexibility index (Phi) is 6.21. The number of carbonyl (C=O) groups excluding carboxylic acids is 2. The zero-order chi connectivity index (χ0) is 27.2. The second kappa shape index (κ2) is 9.27. The Morgan fingerprint density at radius 3 is 2.32 bits per heavy atom. The van der Waals surface area contributed by atoms with Crippen LogP contribution in [0.25, 0.3) is 16.9 Å². The molecule has 4 heterocycles. The summed E-state index contributed by atoms with van der Waals surface area (Å²) in [6, 6.07) is 9.78. The topological polar surface area (TPSA) is 96.6 Å². The summed E-state index contributed by atoms with van der Waals surface area (Å²) in [7, 11) is 0. The molecule has 196 valence electrons. The molecule has 1 aliphatic heterocycles. The molecule has 0 radical (unpaired) electrons. The first-order valence-electron chi connectivity index (χ1n) is 12.5. The van der Waals surface area contributed by atoms with Crippen molar-refractivity contribution in [3.05, 3.63) is 77.9 Å². The zero-order valence-corrected chi connectivity index (χ0v) is 22.1. The maximum absolute atomic E-state index is 13.7. The van der Waals surface area contributed by atoms with Gasteiger partial charge < -0.3 is 9.80 Å². The van der Waals surface area contributed by atoms with Crippen molar-refractivity contribution in [1.82, 2.24) is 34.4 Å². The molecule has 2 amide bonds. The van der Waals surface area contributed by atoms with E-state index in [0.717, 1.165) is 11.1 Å². The van der Waals surface area contributed by atoms with Gasteiger partial charge in [0, 0.05) is 43.2 Å². The van der Waals surface area contributed by atoms with Crippen LogP contribution in [0.2, 0.25) is 0 Å². The largest absolute Gasteiger partial charge is 0.332 e. The molecule has 4 aromatic rings. The summed E-state index contributed by atoms with van der Waals surface area (Å²) in [5.41, 5.74) is 2.30. The van der Waals surface area contributed by atoms with Gasteiger partial charge >= 0.3 is 0 Å². The van der Waals surface area contributed by atoms with Gasteiger partial charge in [-0.25, -0.2) is 23.9 Å². The minimum Gasteiger partial charge on any atom is -0.332 e. The Hall–Kier alpha value is -4.21. The van der Waals surface area contributed by atoms with Crippen molar-refractivity contribution in [3.63, 3.8) is 0 Å². The predicted octanol–water partition coefficient (Wildman–Crippen LogP) is 4.00. The first-order valence-corrected chi connectivity index (χ1v) is 12.5. The van der Waals surface area contributed by atoms with Crippen LogP contribution in [-0.4, -0.2) is 71.4 Å². The lowest BCUT2D eigenvalue weighted by Gasteiger charge is -2.46. The monoisotopic (exact) mass is 515 g/mol. The normalized spacial score (nSPS) is 15.6. The summed E-state index contributed by atoms with van der Waals surface area (Å²) in [6.45, 7) is 11.1. The highest BCUT2D eigenvalue weighted by Crippen LogP contribution is 2.31. The van der Waals surface area contributed by atoms with Crippen LogP contribution in [0.5, 0.6) is 0 Å². The van der Waals surface area contributed by atoms with Crippen molar-refractivity contribution in [2.75, 3.05) is 19.6 Å². The number of nitrogens with zero attached hydrogens (tertiary/aromatic N) is 7. The molecular weight excluding hydrogens is 485 g/mol. The van der Waals surface area contributed by atoms with Gasteiger partial charge in [-0.1, -0.05) is 20.8 Å². The number of hydrogen-bond donors (Lipinski definition) is 0. The number of halogens is 1. The molecule has 38 heavy (non-hydrogen) atoms. The van der Waals surface area contributed by atoms with Crippen LogP contribution < -0.4 is 0 Å². The van der Waals surface area contributed by atoms with Gasteiger partial charge in [0.2, 0.25) is 5.82 Å². The molecule has 1 aromatic carbocycles. The number of amides is 2. The van der Waals surface area contributed by atoms with Gasteiger partial charge in [0.15, 0.2) is 5.65 Å². The molecule has 10 heteroatoms. The lowest BCUT2D eigenvalue weighted by Crippen LogP contribution is -2.62. The fourth-order valence-electron chi connectivity index (χ4n) is 4.79. The molecule has 0 unspecified atom stereocenters. The number of piperazine rings is 1. The maximum atomic E-state index is 13.7. The highest BCUT2D eigenvalue weighted by molar-refractivity contribution is 5.94. The van der Waals surface area contributed by atoms with Crippen LogP contribution in [0, 0.1) is 5.82 Å². The van der Waals surface area contributed by atoms with Crippen molar-refractivity contribution in [2.24, 2.45) is 0 Å². The third-order valence-electron chi connectivity index (χ3n) is 6.78. The molecule has 1 fully saturated rings. The van der Waals surface area contributed by atoms with Crippen molar-refractivity contribution < 1.29 is 14.0 Å². The van der Waals surface area contributed by atoms with E-state index in [-0.39, 0.29) is 34.6 Å². The van der Waals surface area contributed by atoms with Crippen LogP contribution in [0.3, 0.4) is 0 Å². The average Bonchev–Trinajstić information content (AvgIpc) is 3.31. The number of fused-ring (bicyclic) bond motifs is 1. The molecule has 0 bridgehead atoms. The molecule has 1 saturated heterocycles. The van der Waals surface area contributed by atoms with E-state index in [4.69, 9.17) is 10.1 Å². The van der Waals surface area contributed by atoms with Crippen LogP contribution in [0.15, 0.2) is 55.0 Å². The second-order valence-corrected chi connectivity index (χ2v) is 11.2. The lowest BCUT2D eigenvalue weighted by molar-refractivity contribution is 0.0160. The molecule has 1 aliphatic rings. The summed E-state index contributed by atoms with van der Waals surface area (Å²) in [6.07, 6.45) is 4.72. The van der Waals surface area contributed by atoms with Crippen molar-refractivity contribution in [2.45, 2.75) is 45.6 Å². The molecule has 0 spiro atoms. The quantitative estimate of drug-likeness (QED) is 0.409. The van der Waals surface area contributed by atoms with E-state index >= 15 is 0 Å². The summed E-state index contributed by atoms with van der Waals surface area (Å²) >= 11 is 0. The molecule has 9 nitrogen and oxygen atoms in total. The number of carbonyl (C=O) groups is 2. The SMILES string of the molecule is CC(C)(C)c1cc(-c2ccc(F)cc2)nn2cc(C(=O)N3CCN(C(=O)c4ncccn4)CC3(C)C)nc12. The smallest absolute Gasteiger partial charge is 0.291 e. The second-order valence-electron chi connectivity index (χ2n) is 11.2. The van der Waals surface area contributed by atoms with Gasteiger partial charge in [-0.15, -0.1) is 0 Å². The van der Waals surface area contributed by atoms with Gasteiger partial charge in [0.25, 0.3) is 11.8 Å². The third kappa shape index (κ3) is 4.73. The van der Waals surface area contributed by atoms with E-state index in [1.165, 1.54) is 24.5 Å². The van der Waals surface area contributed by atoms with Gasteiger partial charge in [-0.05, 0) is 55.7 Å². The van der Waals surface area contributed by atoms with Crippen molar-refractivity contribution >= 4 is 17.5 Å². The average molecular weight is 516 g/mol. The van der Waals surface area contributed by atoms with Gasteiger partial charge in [0.05, 0.1) is 17.4 Å². The summed E-state index contributed by atoms with van der Waals surface area (Å²) in [5, 5.41) is 4.70. The summed E-state index contributed by atoms with van der Waals surface area (Å²) in [5.74, 6) is -0.666. The standard InChI is InChI=1S/C28H30FN7O2/c1-27(2,3)20-15-21(18-7-9-19(29)10-8-18)33-36-16-22(32-24(20)36)25(37)35-14-13-34(17-28(35,4)5)26(38)23-30-11-6-12-31-23/h6-12,15-16H,13-14,17H2,1-5H3. The molecular formula is C28H30FN7O2. The molecule has 5 rings (SSSR count). The zero-order valence-electron chi connectivity index (χ0n) is 22.1. The summed E-state index contributed by atoms with van der Waals surface area (Å²) < 4.78 is 15.1. The first-order chi connectivity index (χ1) is 17.9. The van der Waals surface area contributed by atoms with E-state index < -0.39 is 5.54 Å². The van der Waals surface area contributed by atoms with E-state index in [1.54, 1.807) is 38.7 Å². The molecule has 0 saturated carbocycles. The molecule has 0 aliphatic carbocycles. The number of aromatic nitrogens is 5. The highest BCUT2D eigenvalue weighted by atomic mass is 19.1. The van der Waals surface area contributed by atoms with Gasteiger partial charge in [-0.2, -0.15) is 5.10 Å². The fraction of sp³-hybridized carbons (Fsp3) is 0.357. The molecule has 0 atom stereocenters. The Morgan fingerprint density at radius 2 is 1.68 bits per heavy atom. The van der Waals surface area contributed by atoms with Crippen LogP contribution in [-0.2, 0) is 5.41 Å². The number of hydrogen-bond acceptors (Lipinski definition) is 6. The maximum Gasteiger partial charge on any atom is 0.291 e. The first kappa shape index (κ1) is 25.4. The van der Waals surface area contributed by atoms with Crippen LogP contribution in [0.1, 0.15) is 61.3 Å². The summed E-state index contributed by atoms with van der Waals surface area (Å²) in [4.78, 5) is 42.9. The Balaban J connectivity index is 1.46. The van der Waals surface area contributed by atoms with E-state index in [0.29, 0.717) is 31.0 Å². The van der Waals surface area contributed by atoms with Crippen LogP contribution in [0.4, 0.5) is 4.39 Å². The third-order valence-corrected chi connectivity index (χ3v) is 6.78. The number of benzene rings is 1. The lowest BCUT2D eigenvalue weighted by atomic mass is 9.87. The fourth-order valence-corrected chi connectivity index (χ4v) is 4.79. The van der Waals surface area contributed by atoms with Gasteiger partial charge in [-0.3, -0.25) is 9.59 Å². The number of imidazole rings is 1. The van der Waals surface area contributed by atoms with Gasteiger partial charge in [0.1, 0.15) is 11.5 Å². The van der Waals surface area contributed by atoms with Crippen molar-refractivity contribution in [1.29, 1.82) is 0 Å². The molecule has 0 N–H and O–H groups in total. The minimum absolute atomic E-state index is 0.140. The Labute approximate surface area is 220 Å². The van der Waals surface area contributed by atoms with E-state index in [2.05, 4.69) is 30.7 Å².